The summed E-state index contributed by atoms with van der Waals surface area (Å²) in [6.07, 6.45) is -3.21. The summed E-state index contributed by atoms with van der Waals surface area (Å²) in [7, 11) is 0. The molecule has 0 amide bonds. The Balaban J connectivity index is 1.46. The number of aldehydes is 1. The first-order valence-corrected chi connectivity index (χ1v) is 13.9. The number of ether oxygens (including phenoxy) is 3. The fourth-order valence-electron chi connectivity index (χ4n) is 8.19. The molecule has 0 radical (unpaired) electrons. The standard InChI is InChI=1S/C29H42O10/c1-14-5-6-20-27(2,3)21(33)7-8-28(20,4)29(14)10-16-18(32)9-15(17(11-30)25(16)39-29)13-37-26-24(36)23(35)22(34)19(12-31)38-26/h9,11,14,19-24,26,31-36H,5-8,10,12-13H2,1-4H3/t14-,19-,20+,21-,22-,23+,24-,26+,28+,29-/m1/s1. The van der Waals surface area contributed by atoms with Crippen molar-refractivity contribution in [3.63, 3.8) is 0 Å². The molecule has 10 nitrogen and oxygen atoms in total. The van der Waals surface area contributed by atoms with Gasteiger partial charge in [-0.25, -0.2) is 0 Å². The first-order valence-electron chi connectivity index (χ1n) is 13.9. The molecule has 10 heteroatoms. The molecule has 39 heavy (non-hydrogen) atoms. The Morgan fingerprint density at radius 3 is 2.46 bits per heavy atom. The van der Waals surface area contributed by atoms with Crippen molar-refractivity contribution in [3.05, 3.63) is 22.8 Å². The van der Waals surface area contributed by atoms with Crippen LogP contribution in [0.4, 0.5) is 0 Å². The zero-order valence-corrected chi connectivity index (χ0v) is 23.0. The molecule has 2 saturated carbocycles. The Bertz CT molecular complexity index is 1100. The molecule has 10 atom stereocenters. The zero-order valence-electron chi connectivity index (χ0n) is 23.0. The van der Waals surface area contributed by atoms with Gasteiger partial charge in [-0.1, -0.05) is 27.7 Å². The second kappa shape index (κ2) is 9.94. The van der Waals surface area contributed by atoms with E-state index in [1.807, 2.05) is 0 Å². The Hall–Kier alpha value is -1.79. The lowest BCUT2D eigenvalue weighted by Crippen LogP contribution is -2.66. The Morgan fingerprint density at radius 2 is 1.79 bits per heavy atom. The van der Waals surface area contributed by atoms with Gasteiger partial charge in [0.15, 0.2) is 12.6 Å². The molecule has 1 spiro atoms. The van der Waals surface area contributed by atoms with Crippen LogP contribution in [0.5, 0.6) is 11.5 Å². The van der Waals surface area contributed by atoms with Crippen LogP contribution in [0.2, 0.25) is 0 Å². The molecule has 1 aromatic rings. The Morgan fingerprint density at radius 1 is 1.08 bits per heavy atom. The van der Waals surface area contributed by atoms with Crippen molar-refractivity contribution in [1.82, 2.24) is 0 Å². The number of carbonyl (C=O) groups excluding carboxylic acids is 1. The highest BCUT2D eigenvalue weighted by molar-refractivity contribution is 5.84. The maximum absolute atomic E-state index is 12.4. The number of hydrogen-bond donors (Lipinski definition) is 6. The first-order chi connectivity index (χ1) is 18.3. The lowest BCUT2D eigenvalue weighted by molar-refractivity contribution is -0.304. The molecule has 6 N–H and O–H groups in total. The number of rotatable bonds is 5. The lowest BCUT2D eigenvalue weighted by atomic mass is 9.43. The van der Waals surface area contributed by atoms with E-state index in [9.17, 15) is 35.4 Å². The minimum absolute atomic E-state index is 0.0205. The largest absolute Gasteiger partial charge is 0.508 e. The van der Waals surface area contributed by atoms with Gasteiger partial charge in [-0.2, -0.15) is 0 Å². The van der Waals surface area contributed by atoms with Crippen LogP contribution in [0.15, 0.2) is 6.07 Å². The molecule has 218 valence electrons. The van der Waals surface area contributed by atoms with Gasteiger partial charge in [-0.05, 0) is 54.6 Å². The van der Waals surface area contributed by atoms with E-state index in [2.05, 4.69) is 27.7 Å². The van der Waals surface area contributed by atoms with Gasteiger partial charge in [-0.3, -0.25) is 4.79 Å². The lowest BCUT2D eigenvalue weighted by Gasteiger charge is -2.64. The van der Waals surface area contributed by atoms with Crippen molar-refractivity contribution in [2.45, 2.75) is 109 Å². The Labute approximate surface area is 228 Å². The van der Waals surface area contributed by atoms with Crippen LogP contribution in [0, 0.1) is 22.7 Å². The van der Waals surface area contributed by atoms with Gasteiger partial charge in [0, 0.05) is 17.4 Å². The molecular weight excluding hydrogens is 508 g/mol. The van der Waals surface area contributed by atoms with Crippen LogP contribution in [0.1, 0.15) is 74.9 Å². The van der Waals surface area contributed by atoms with Gasteiger partial charge in [0.2, 0.25) is 0 Å². The molecule has 1 saturated heterocycles. The van der Waals surface area contributed by atoms with E-state index in [0.29, 0.717) is 36.0 Å². The summed E-state index contributed by atoms with van der Waals surface area (Å²) in [5.41, 5.74) is -0.144. The van der Waals surface area contributed by atoms with Crippen LogP contribution in [-0.4, -0.2) is 85.9 Å². The highest BCUT2D eigenvalue weighted by Crippen LogP contribution is 2.67. The van der Waals surface area contributed by atoms with Gasteiger partial charge in [-0.15, -0.1) is 0 Å². The molecule has 2 aliphatic carbocycles. The monoisotopic (exact) mass is 550 g/mol. The quantitative estimate of drug-likeness (QED) is 0.295. The van der Waals surface area contributed by atoms with Crippen LogP contribution < -0.4 is 4.74 Å². The molecule has 0 unspecified atom stereocenters. The summed E-state index contributed by atoms with van der Waals surface area (Å²) in [6.45, 7) is 7.77. The zero-order chi connectivity index (χ0) is 28.5. The van der Waals surface area contributed by atoms with Gasteiger partial charge in [0.25, 0.3) is 0 Å². The molecule has 3 fully saturated rings. The van der Waals surface area contributed by atoms with Crippen molar-refractivity contribution in [2.75, 3.05) is 6.61 Å². The SMILES string of the molecule is C[C@@H]1CC[C@H]2C(C)(C)[C@H](O)CC[C@]2(C)[C@@]12Cc1c(O)cc(CO[C@H]3O[C@H](CO)[C@@H](O)[C@H](O)[C@H]3O)c(C=O)c1O2. The molecule has 5 rings (SSSR count). The van der Waals surface area contributed by atoms with E-state index in [1.165, 1.54) is 6.07 Å². The summed E-state index contributed by atoms with van der Waals surface area (Å²) in [6, 6.07) is 1.46. The van der Waals surface area contributed by atoms with Crippen molar-refractivity contribution in [3.8, 4) is 11.5 Å². The molecule has 1 aromatic carbocycles. The van der Waals surface area contributed by atoms with E-state index in [0.717, 1.165) is 19.3 Å². The van der Waals surface area contributed by atoms with Crippen LogP contribution in [-0.2, 0) is 22.5 Å². The number of aliphatic hydroxyl groups is 5. The average molecular weight is 551 g/mol. The number of fused-ring (bicyclic) bond motifs is 3. The van der Waals surface area contributed by atoms with Crippen molar-refractivity contribution in [1.29, 1.82) is 0 Å². The van der Waals surface area contributed by atoms with Crippen molar-refractivity contribution in [2.24, 2.45) is 22.7 Å². The van der Waals surface area contributed by atoms with Crippen LogP contribution in [0.3, 0.4) is 0 Å². The summed E-state index contributed by atoms with van der Waals surface area (Å²) in [5, 5.41) is 61.8. The normalized spacial score (nSPS) is 43.0. The van der Waals surface area contributed by atoms with Crippen molar-refractivity contribution >= 4 is 6.29 Å². The second-order valence-electron chi connectivity index (χ2n) is 12.9. The van der Waals surface area contributed by atoms with Crippen molar-refractivity contribution < 1.29 is 49.6 Å². The Kier molecular flexibility index (Phi) is 7.32. The van der Waals surface area contributed by atoms with E-state index < -0.39 is 49.0 Å². The molecule has 2 aliphatic heterocycles. The third kappa shape index (κ3) is 4.14. The fourth-order valence-corrected chi connectivity index (χ4v) is 8.19. The van der Waals surface area contributed by atoms with Gasteiger partial charge in [0.05, 0.1) is 24.9 Å². The molecule has 0 aromatic heterocycles. The first kappa shape index (κ1) is 28.7. The minimum Gasteiger partial charge on any atom is -0.508 e. The number of aliphatic hydroxyl groups excluding tert-OH is 5. The third-order valence-electron chi connectivity index (χ3n) is 10.7. The van der Waals surface area contributed by atoms with Gasteiger partial charge >= 0.3 is 0 Å². The molecule has 2 heterocycles. The summed E-state index contributed by atoms with van der Waals surface area (Å²) in [5.74, 6) is 0.642. The topological polar surface area (TPSA) is 166 Å². The predicted molar refractivity (Wildman–Crippen MR) is 138 cm³/mol. The average Bonchev–Trinajstić information content (AvgIpc) is 3.31. The maximum Gasteiger partial charge on any atom is 0.187 e. The number of phenols is 1. The second-order valence-corrected chi connectivity index (χ2v) is 12.9. The number of hydrogen-bond acceptors (Lipinski definition) is 10. The van der Waals surface area contributed by atoms with Crippen LogP contribution in [0.25, 0.3) is 0 Å². The third-order valence-corrected chi connectivity index (χ3v) is 10.7. The number of carbonyl (C=O) groups is 1. The smallest absolute Gasteiger partial charge is 0.187 e. The molecule has 4 aliphatic rings. The molecular formula is C29H42O10. The van der Waals surface area contributed by atoms with E-state index in [4.69, 9.17) is 14.2 Å². The highest BCUT2D eigenvalue weighted by atomic mass is 16.7. The summed E-state index contributed by atoms with van der Waals surface area (Å²) < 4.78 is 18.0. The van der Waals surface area contributed by atoms with E-state index in [-0.39, 0.29) is 40.6 Å². The fraction of sp³-hybridized carbons (Fsp3) is 0.759. The van der Waals surface area contributed by atoms with E-state index >= 15 is 0 Å². The maximum atomic E-state index is 12.4. The molecule has 0 bridgehead atoms. The van der Waals surface area contributed by atoms with E-state index in [1.54, 1.807) is 0 Å². The highest BCUT2D eigenvalue weighted by Gasteiger charge is 2.67. The number of benzene rings is 1. The summed E-state index contributed by atoms with van der Waals surface area (Å²) in [4.78, 5) is 12.4. The predicted octanol–water partition coefficient (Wildman–Crippen LogP) is 1.43. The van der Waals surface area contributed by atoms with Gasteiger partial charge < -0.3 is 44.8 Å². The number of aromatic hydroxyl groups is 1. The minimum atomic E-state index is -1.59. The summed E-state index contributed by atoms with van der Waals surface area (Å²) >= 11 is 0. The van der Waals surface area contributed by atoms with Crippen LogP contribution >= 0.6 is 0 Å². The number of phenolic OH excluding ortho intramolecular Hbond substituents is 1. The van der Waals surface area contributed by atoms with Gasteiger partial charge in [0.1, 0.15) is 41.5 Å².